The highest BCUT2D eigenvalue weighted by molar-refractivity contribution is 5.71. The highest BCUT2D eigenvalue weighted by Gasteiger charge is 2.36. The van der Waals surface area contributed by atoms with E-state index >= 15 is 0 Å². The Balaban J connectivity index is 1.47. The first-order valence-electron chi connectivity index (χ1n) is 11.2. The molecule has 2 aliphatic rings. The first kappa shape index (κ1) is 23.8. The largest absolute Gasteiger partial charge is 0.470 e. The van der Waals surface area contributed by atoms with Gasteiger partial charge in [0.05, 0.1) is 13.1 Å². The molecule has 2 fully saturated rings. The number of rotatable bonds is 6. The molecular weight excluding hydrogens is 450 g/mol. The fourth-order valence-electron chi connectivity index (χ4n) is 3.71. The maximum absolute atomic E-state index is 13.5. The predicted molar refractivity (Wildman–Crippen MR) is 118 cm³/mol. The van der Waals surface area contributed by atoms with Crippen LogP contribution in [0.15, 0.2) is 18.3 Å². The van der Waals surface area contributed by atoms with Crippen molar-refractivity contribution in [1.82, 2.24) is 24.6 Å². The second-order valence-electron chi connectivity index (χ2n) is 9.59. The number of amides is 1. The van der Waals surface area contributed by atoms with Gasteiger partial charge in [0.15, 0.2) is 6.29 Å². The normalized spacial score (nSPS) is 18.8. The lowest BCUT2D eigenvalue weighted by Gasteiger charge is -2.39. The van der Waals surface area contributed by atoms with Crippen LogP contribution in [-0.4, -0.2) is 73.8 Å². The van der Waals surface area contributed by atoms with E-state index in [1.54, 1.807) is 33.0 Å². The van der Waals surface area contributed by atoms with Crippen LogP contribution in [0.1, 0.15) is 56.9 Å². The molecule has 1 aliphatic heterocycles. The summed E-state index contributed by atoms with van der Waals surface area (Å²) in [7, 11) is 0. The van der Waals surface area contributed by atoms with Crippen LogP contribution in [0.4, 0.5) is 19.4 Å². The summed E-state index contributed by atoms with van der Waals surface area (Å²) in [6.45, 7) is 6.08. The summed E-state index contributed by atoms with van der Waals surface area (Å²) in [6, 6.07) is 2.95. The van der Waals surface area contributed by atoms with Crippen molar-refractivity contribution in [2.24, 2.45) is 0 Å². The van der Waals surface area contributed by atoms with E-state index in [1.807, 2.05) is 0 Å². The zero-order chi connectivity index (χ0) is 24.5. The van der Waals surface area contributed by atoms with Gasteiger partial charge in [-0.1, -0.05) is 0 Å². The van der Waals surface area contributed by atoms with Crippen LogP contribution in [0, 0.1) is 0 Å². The van der Waals surface area contributed by atoms with Gasteiger partial charge in [-0.05, 0) is 39.7 Å². The summed E-state index contributed by atoms with van der Waals surface area (Å²) in [5, 5.41) is 7.29. The number of alkyl halides is 2. The van der Waals surface area contributed by atoms with Gasteiger partial charge in [-0.3, -0.25) is 4.79 Å². The van der Waals surface area contributed by atoms with Crippen LogP contribution in [0.3, 0.4) is 0 Å². The molecule has 1 saturated carbocycles. The van der Waals surface area contributed by atoms with Crippen molar-refractivity contribution in [3.63, 3.8) is 0 Å². The van der Waals surface area contributed by atoms with E-state index in [-0.39, 0.29) is 42.5 Å². The molecule has 1 N–H and O–H groups in total. The van der Waals surface area contributed by atoms with Crippen LogP contribution < -0.4 is 10.1 Å². The molecule has 1 saturated heterocycles. The zero-order valence-electron chi connectivity index (χ0n) is 19.3. The standard InChI is InChI=1S/C22H28F2N6O4/c1-21(2,3)34-20(32)29-11-16(12-29)33-18-10-17(25-14-4-7-22(23,24)8-5-14)26-19(27-18)30-9-6-15(13-31)28-30/h6,9-10,13-14,16H,4-5,7-8,11-12H2,1-3H3,(H,25,26,27). The molecule has 0 radical (unpaired) electrons. The number of carbonyl (C=O) groups excluding carboxylic acids is 2. The van der Waals surface area contributed by atoms with Gasteiger partial charge in [-0.2, -0.15) is 15.1 Å². The Morgan fingerprint density at radius 1 is 1.24 bits per heavy atom. The summed E-state index contributed by atoms with van der Waals surface area (Å²) in [4.78, 5) is 33.5. The Kier molecular flexibility index (Phi) is 6.41. The maximum Gasteiger partial charge on any atom is 0.410 e. The van der Waals surface area contributed by atoms with Crippen molar-refractivity contribution in [3.05, 3.63) is 24.0 Å². The van der Waals surface area contributed by atoms with Crippen molar-refractivity contribution < 1.29 is 27.8 Å². The fourth-order valence-corrected chi connectivity index (χ4v) is 3.71. The van der Waals surface area contributed by atoms with Crippen LogP contribution in [0.25, 0.3) is 5.95 Å². The summed E-state index contributed by atoms with van der Waals surface area (Å²) >= 11 is 0. The van der Waals surface area contributed by atoms with Crippen molar-refractivity contribution in [2.75, 3.05) is 18.4 Å². The molecule has 0 unspecified atom stereocenters. The minimum atomic E-state index is -2.63. The molecule has 1 aliphatic carbocycles. The highest BCUT2D eigenvalue weighted by Crippen LogP contribution is 2.34. The van der Waals surface area contributed by atoms with Crippen molar-refractivity contribution in [1.29, 1.82) is 0 Å². The SMILES string of the molecule is CC(C)(C)OC(=O)N1CC(Oc2cc(NC3CCC(F)(F)CC3)nc(-n3ccc(C=O)n3)n2)C1. The first-order valence-corrected chi connectivity index (χ1v) is 11.2. The molecule has 10 nitrogen and oxygen atoms in total. The van der Waals surface area contributed by atoms with Gasteiger partial charge < -0.3 is 19.7 Å². The number of carbonyl (C=O) groups is 2. The number of aromatic nitrogens is 4. The third-order valence-corrected chi connectivity index (χ3v) is 5.48. The van der Waals surface area contributed by atoms with Crippen molar-refractivity contribution in [2.45, 2.75) is 70.1 Å². The molecule has 12 heteroatoms. The van der Waals surface area contributed by atoms with E-state index in [2.05, 4.69) is 20.4 Å². The third-order valence-electron chi connectivity index (χ3n) is 5.48. The highest BCUT2D eigenvalue weighted by atomic mass is 19.3. The Morgan fingerprint density at radius 2 is 1.94 bits per heavy atom. The van der Waals surface area contributed by atoms with Crippen LogP contribution in [-0.2, 0) is 4.74 Å². The molecule has 0 spiro atoms. The van der Waals surface area contributed by atoms with E-state index in [4.69, 9.17) is 9.47 Å². The van der Waals surface area contributed by atoms with E-state index in [0.717, 1.165) is 0 Å². The number of anilines is 1. The van der Waals surface area contributed by atoms with E-state index in [1.165, 1.54) is 15.6 Å². The smallest absolute Gasteiger partial charge is 0.410 e. The summed E-state index contributed by atoms with van der Waals surface area (Å²) in [6.07, 6.45) is 1.70. The maximum atomic E-state index is 13.5. The Morgan fingerprint density at radius 3 is 2.56 bits per heavy atom. The van der Waals surface area contributed by atoms with Gasteiger partial charge in [0.25, 0.3) is 5.95 Å². The molecule has 0 bridgehead atoms. The van der Waals surface area contributed by atoms with E-state index < -0.39 is 17.6 Å². The molecule has 0 atom stereocenters. The fraction of sp³-hybridized carbons (Fsp3) is 0.591. The number of aldehydes is 1. The first-order chi connectivity index (χ1) is 16.0. The lowest BCUT2D eigenvalue weighted by molar-refractivity contribution is -0.0361. The Labute approximate surface area is 195 Å². The van der Waals surface area contributed by atoms with Gasteiger partial charge in [-0.25, -0.2) is 18.3 Å². The molecule has 184 valence electrons. The van der Waals surface area contributed by atoms with Gasteiger partial charge >= 0.3 is 6.09 Å². The Bertz CT molecular complexity index is 1040. The minimum Gasteiger partial charge on any atom is -0.470 e. The average molecular weight is 479 g/mol. The number of likely N-dealkylation sites (tertiary alicyclic amines) is 1. The topological polar surface area (TPSA) is 111 Å². The monoisotopic (exact) mass is 478 g/mol. The van der Waals surface area contributed by atoms with Crippen molar-refractivity contribution in [3.8, 4) is 11.8 Å². The van der Waals surface area contributed by atoms with Crippen molar-refractivity contribution >= 4 is 18.2 Å². The molecule has 4 rings (SSSR count). The van der Waals surface area contributed by atoms with Crippen LogP contribution >= 0.6 is 0 Å². The second kappa shape index (κ2) is 9.15. The summed E-state index contributed by atoms with van der Waals surface area (Å²) in [5.41, 5.74) is -0.371. The molecular formula is C22H28F2N6O4. The number of hydrogen-bond donors (Lipinski definition) is 1. The molecule has 2 aromatic rings. The van der Waals surface area contributed by atoms with Gasteiger partial charge in [-0.15, -0.1) is 0 Å². The quantitative estimate of drug-likeness (QED) is 0.629. The number of halogens is 2. The summed E-state index contributed by atoms with van der Waals surface area (Å²) in [5.74, 6) is -1.82. The second-order valence-corrected chi connectivity index (χ2v) is 9.59. The van der Waals surface area contributed by atoms with Gasteiger partial charge in [0.2, 0.25) is 11.8 Å². The van der Waals surface area contributed by atoms with Gasteiger partial charge in [0, 0.05) is 31.1 Å². The number of nitrogens with one attached hydrogen (secondary N) is 1. The number of hydrogen-bond acceptors (Lipinski definition) is 8. The number of nitrogens with zero attached hydrogens (tertiary/aromatic N) is 5. The van der Waals surface area contributed by atoms with Crippen LogP contribution in [0.2, 0.25) is 0 Å². The minimum absolute atomic E-state index is 0.162. The lowest BCUT2D eigenvalue weighted by atomic mass is 9.92. The molecule has 3 heterocycles. The zero-order valence-corrected chi connectivity index (χ0v) is 19.3. The molecule has 0 aromatic carbocycles. The van der Waals surface area contributed by atoms with Crippen LogP contribution in [0.5, 0.6) is 5.88 Å². The Hall–Kier alpha value is -3.31. The summed E-state index contributed by atoms with van der Waals surface area (Å²) < 4.78 is 39.7. The van der Waals surface area contributed by atoms with E-state index in [0.29, 0.717) is 38.0 Å². The predicted octanol–water partition coefficient (Wildman–Crippen LogP) is 3.46. The lowest BCUT2D eigenvalue weighted by Crippen LogP contribution is -2.57. The third kappa shape index (κ3) is 5.97. The number of ether oxygens (including phenoxy) is 2. The molecule has 1 amide bonds. The van der Waals surface area contributed by atoms with Gasteiger partial charge in [0.1, 0.15) is 23.2 Å². The van der Waals surface area contributed by atoms with E-state index in [9.17, 15) is 18.4 Å². The average Bonchev–Trinajstić information content (AvgIpc) is 3.20. The molecule has 2 aromatic heterocycles. The molecule has 34 heavy (non-hydrogen) atoms.